The Morgan fingerprint density at radius 1 is 1.39 bits per heavy atom. The molecule has 18 heavy (non-hydrogen) atoms. The SMILES string of the molecule is COc1cccc(CCc2nc(N)n(C)c2Cl)c1. The van der Waals surface area contributed by atoms with E-state index in [1.807, 2.05) is 18.2 Å². The minimum absolute atomic E-state index is 0.445. The van der Waals surface area contributed by atoms with Gasteiger partial charge in [0.15, 0.2) is 0 Å². The lowest BCUT2D eigenvalue weighted by molar-refractivity contribution is 0.414. The Kier molecular flexibility index (Phi) is 3.77. The number of aryl methyl sites for hydroxylation is 2. The molecule has 2 N–H and O–H groups in total. The number of methoxy groups -OCH3 is 1. The van der Waals surface area contributed by atoms with Crippen molar-refractivity contribution in [2.75, 3.05) is 12.8 Å². The van der Waals surface area contributed by atoms with Crippen LogP contribution in [0.15, 0.2) is 24.3 Å². The maximum atomic E-state index is 6.13. The second-order valence-corrected chi connectivity index (χ2v) is 4.48. The molecule has 0 saturated heterocycles. The smallest absolute Gasteiger partial charge is 0.201 e. The fourth-order valence-electron chi connectivity index (χ4n) is 1.80. The average molecular weight is 266 g/mol. The van der Waals surface area contributed by atoms with E-state index in [9.17, 15) is 0 Å². The van der Waals surface area contributed by atoms with Crippen LogP contribution in [-0.4, -0.2) is 16.7 Å². The highest BCUT2D eigenvalue weighted by atomic mass is 35.5. The van der Waals surface area contributed by atoms with Gasteiger partial charge in [-0.2, -0.15) is 0 Å². The van der Waals surface area contributed by atoms with E-state index in [-0.39, 0.29) is 0 Å². The molecule has 1 aromatic heterocycles. The van der Waals surface area contributed by atoms with Crippen LogP contribution in [0.5, 0.6) is 5.75 Å². The third kappa shape index (κ3) is 2.59. The van der Waals surface area contributed by atoms with Crippen LogP contribution in [0.25, 0.3) is 0 Å². The average Bonchev–Trinajstić information content (AvgIpc) is 2.64. The van der Waals surface area contributed by atoms with Gasteiger partial charge in [0.1, 0.15) is 10.9 Å². The van der Waals surface area contributed by atoms with Crippen molar-refractivity contribution in [1.82, 2.24) is 9.55 Å². The Morgan fingerprint density at radius 2 is 2.17 bits per heavy atom. The van der Waals surface area contributed by atoms with Crippen molar-refractivity contribution in [1.29, 1.82) is 0 Å². The number of benzene rings is 1. The highest BCUT2D eigenvalue weighted by Crippen LogP contribution is 2.20. The lowest BCUT2D eigenvalue weighted by Crippen LogP contribution is -1.96. The number of aromatic nitrogens is 2. The predicted octanol–water partition coefficient (Wildman–Crippen LogP) is 2.45. The number of nitrogens with two attached hydrogens (primary N) is 1. The Morgan fingerprint density at radius 3 is 2.78 bits per heavy atom. The molecule has 0 unspecified atom stereocenters. The number of ether oxygens (including phenoxy) is 1. The van der Waals surface area contributed by atoms with Crippen LogP contribution in [0.3, 0.4) is 0 Å². The van der Waals surface area contributed by atoms with Gasteiger partial charge in [0.25, 0.3) is 0 Å². The van der Waals surface area contributed by atoms with Gasteiger partial charge in [-0.1, -0.05) is 23.7 Å². The molecule has 1 heterocycles. The number of imidazole rings is 1. The summed E-state index contributed by atoms with van der Waals surface area (Å²) in [7, 11) is 3.47. The summed E-state index contributed by atoms with van der Waals surface area (Å²) in [5.74, 6) is 1.31. The molecule has 4 nitrogen and oxygen atoms in total. The first-order valence-electron chi connectivity index (χ1n) is 5.71. The number of halogens is 1. The molecular weight excluding hydrogens is 250 g/mol. The second kappa shape index (κ2) is 5.31. The van der Waals surface area contributed by atoms with Crippen LogP contribution in [0.4, 0.5) is 5.95 Å². The number of anilines is 1. The Labute approximate surface area is 111 Å². The van der Waals surface area contributed by atoms with Crippen molar-refractivity contribution in [2.45, 2.75) is 12.8 Å². The summed E-state index contributed by atoms with van der Waals surface area (Å²) in [5, 5.41) is 0.607. The van der Waals surface area contributed by atoms with Gasteiger partial charge in [-0.05, 0) is 30.5 Å². The van der Waals surface area contributed by atoms with Crippen molar-refractivity contribution < 1.29 is 4.74 Å². The van der Waals surface area contributed by atoms with Crippen molar-refractivity contribution in [3.8, 4) is 5.75 Å². The lowest BCUT2D eigenvalue weighted by atomic mass is 10.1. The van der Waals surface area contributed by atoms with Gasteiger partial charge in [0.05, 0.1) is 12.8 Å². The normalized spacial score (nSPS) is 10.6. The molecule has 0 aliphatic carbocycles. The van der Waals surface area contributed by atoms with Crippen LogP contribution in [0.1, 0.15) is 11.3 Å². The van der Waals surface area contributed by atoms with Crippen molar-refractivity contribution >= 4 is 17.5 Å². The third-order valence-electron chi connectivity index (χ3n) is 2.91. The summed E-state index contributed by atoms with van der Waals surface area (Å²) in [6.07, 6.45) is 1.62. The van der Waals surface area contributed by atoms with Crippen LogP contribution in [-0.2, 0) is 19.9 Å². The van der Waals surface area contributed by atoms with Crippen LogP contribution in [0, 0.1) is 0 Å². The fraction of sp³-hybridized carbons (Fsp3) is 0.308. The quantitative estimate of drug-likeness (QED) is 0.924. The standard InChI is InChI=1S/C13H16ClN3O/c1-17-12(14)11(16-13(17)15)7-6-9-4-3-5-10(8-9)18-2/h3-5,8H,6-7H2,1-2H3,(H2,15,16). The summed E-state index contributed by atoms with van der Waals surface area (Å²) in [5.41, 5.74) is 7.73. The topological polar surface area (TPSA) is 53.1 Å². The first kappa shape index (κ1) is 12.8. The van der Waals surface area contributed by atoms with Gasteiger partial charge >= 0.3 is 0 Å². The monoisotopic (exact) mass is 265 g/mol. The van der Waals surface area contributed by atoms with Crippen LogP contribution < -0.4 is 10.5 Å². The molecule has 0 spiro atoms. The van der Waals surface area contributed by atoms with Gasteiger partial charge in [-0.3, -0.25) is 0 Å². The summed E-state index contributed by atoms with van der Waals surface area (Å²) in [6.45, 7) is 0. The molecule has 0 fully saturated rings. The minimum atomic E-state index is 0.445. The zero-order chi connectivity index (χ0) is 13.1. The zero-order valence-corrected chi connectivity index (χ0v) is 11.2. The van der Waals surface area contributed by atoms with E-state index in [4.69, 9.17) is 22.1 Å². The molecule has 2 aromatic rings. The van der Waals surface area contributed by atoms with Gasteiger partial charge in [0, 0.05) is 7.05 Å². The first-order valence-corrected chi connectivity index (χ1v) is 6.09. The maximum absolute atomic E-state index is 6.13. The molecule has 0 atom stereocenters. The summed E-state index contributed by atoms with van der Waals surface area (Å²) >= 11 is 6.13. The number of rotatable bonds is 4. The van der Waals surface area contributed by atoms with Gasteiger partial charge in [-0.15, -0.1) is 0 Å². The molecule has 0 saturated carbocycles. The van der Waals surface area contributed by atoms with Gasteiger partial charge in [0.2, 0.25) is 5.95 Å². The molecular formula is C13H16ClN3O. The minimum Gasteiger partial charge on any atom is -0.497 e. The molecule has 0 bridgehead atoms. The molecule has 96 valence electrons. The second-order valence-electron chi connectivity index (χ2n) is 4.12. The largest absolute Gasteiger partial charge is 0.497 e. The number of nitrogens with zero attached hydrogens (tertiary/aromatic N) is 2. The zero-order valence-electron chi connectivity index (χ0n) is 10.5. The van der Waals surface area contributed by atoms with E-state index in [1.54, 1.807) is 18.7 Å². The highest BCUT2D eigenvalue weighted by Gasteiger charge is 2.10. The number of nitrogen functional groups attached to an aromatic ring is 1. The number of hydrogen-bond acceptors (Lipinski definition) is 3. The Balaban J connectivity index is 2.09. The first-order chi connectivity index (χ1) is 8.61. The lowest BCUT2D eigenvalue weighted by Gasteiger charge is -2.03. The van der Waals surface area contributed by atoms with E-state index in [0.29, 0.717) is 11.1 Å². The molecule has 0 amide bonds. The molecule has 0 aliphatic heterocycles. The Hall–Kier alpha value is -1.68. The highest BCUT2D eigenvalue weighted by molar-refractivity contribution is 6.30. The molecule has 0 radical (unpaired) electrons. The van der Waals surface area contributed by atoms with Crippen LogP contribution in [0.2, 0.25) is 5.15 Å². The maximum Gasteiger partial charge on any atom is 0.201 e. The summed E-state index contributed by atoms with van der Waals surface area (Å²) < 4.78 is 6.87. The van der Waals surface area contributed by atoms with E-state index >= 15 is 0 Å². The van der Waals surface area contributed by atoms with E-state index < -0.39 is 0 Å². The van der Waals surface area contributed by atoms with E-state index in [2.05, 4.69) is 11.1 Å². The molecule has 0 aliphatic rings. The van der Waals surface area contributed by atoms with Gasteiger partial charge < -0.3 is 15.0 Å². The van der Waals surface area contributed by atoms with Crippen molar-refractivity contribution in [3.63, 3.8) is 0 Å². The summed E-state index contributed by atoms with van der Waals surface area (Å²) in [4.78, 5) is 4.24. The fourth-order valence-corrected chi connectivity index (χ4v) is 2.03. The van der Waals surface area contributed by atoms with Crippen molar-refractivity contribution in [3.05, 3.63) is 40.7 Å². The van der Waals surface area contributed by atoms with Crippen LogP contribution >= 0.6 is 11.6 Å². The third-order valence-corrected chi connectivity index (χ3v) is 3.38. The van der Waals surface area contributed by atoms with E-state index in [1.165, 1.54) is 5.56 Å². The Bertz CT molecular complexity index is 551. The predicted molar refractivity (Wildman–Crippen MR) is 73.0 cm³/mol. The van der Waals surface area contributed by atoms with E-state index in [0.717, 1.165) is 24.3 Å². The molecule has 2 rings (SSSR count). The van der Waals surface area contributed by atoms with Gasteiger partial charge in [-0.25, -0.2) is 4.98 Å². The molecule has 5 heteroatoms. The number of hydrogen-bond donors (Lipinski definition) is 1. The van der Waals surface area contributed by atoms with Crippen molar-refractivity contribution in [2.24, 2.45) is 7.05 Å². The summed E-state index contributed by atoms with van der Waals surface area (Å²) in [6, 6.07) is 7.97. The molecule has 1 aromatic carbocycles.